The maximum atomic E-state index is 13.1. The van der Waals surface area contributed by atoms with Crippen molar-refractivity contribution in [1.29, 1.82) is 0 Å². The van der Waals surface area contributed by atoms with Gasteiger partial charge in [-0.3, -0.25) is 0 Å². The Labute approximate surface area is 87.8 Å². The van der Waals surface area contributed by atoms with Gasteiger partial charge in [-0.1, -0.05) is 0 Å². The Kier molecular flexibility index (Phi) is 4.53. The van der Waals surface area contributed by atoms with E-state index in [0.29, 0.717) is 18.2 Å². The largest absolute Gasteiger partial charge is 0.491 e. The van der Waals surface area contributed by atoms with Crippen LogP contribution in [0.15, 0.2) is 18.2 Å². The first-order chi connectivity index (χ1) is 6.74. The van der Waals surface area contributed by atoms with Crippen LogP contribution in [-0.4, -0.2) is 12.5 Å². The predicted molar refractivity (Wildman–Crippen MR) is 56.3 cm³/mol. The second kappa shape index (κ2) is 5.70. The SMILES string of the molecule is Nc1ccc(OCCCCCl)c(F)c1. The minimum absolute atomic E-state index is 0.244. The average Bonchev–Trinajstić information content (AvgIpc) is 2.15. The highest BCUT2D eigenvalue weighted by atomic mass is 35.5. The average molecular weight is 218 g/mol. The van der Waals surface area contributed by atoms with Gasteiger partial charge in [0.15, 0.2) is 11.6 Å². The molecule has 4 heteroatoms. The number of anilines is 1. The van der Waals surface area contributed by atoms with Gasteiger partial charge in [-0.2, -0.15) is 0 Å². The highest BCUT2D eigenvalue weighted by molar-refractivity contribution is 6.17. The Morgan fingerprint density at radius 1 is 1.36 bits per heavy atom. The van der Waals surface area contributed by atoms with E-state index in [1.54, 1.807) is 6.07 Å². The lowest BCUT2D eigenvalue weighted by Gasteiger charge is -2.06. The number of nitrogens with two attached hydrogens (primary N) is 1. The molecule has 0 saturated heterocycles. The van der Waals surface area contributed by atoms with E-state index < -0.39 is 5.82 Å². The zero-order valence-electron chi connectivity index (χ0n) is 7.80. The first-order valence-corrected chi connectivity index (χ1v) is 5.01. The van der Waals surface area contributed by atoms with Crippen LogP contribution in [0.1, 0.15) is 12.8 Å². The van der Waals surface area contributed by atoms with Crippen molar-refractivity contribution in [2.75, 3.05) is 18.2 Å². The quantitative estimate of drug-likeness (QED) is 0.468. The molecule has 0 bridgehead atoms. The Bertz CT molecular complexity index is 293. The van der Waals surface area contributed by atoms with Crippen molar-refractivity contribution in [3.05, 3.63) is 24.0 Å². The summed E-state index contributed by atoms with van der Waals surface area (Å²) < 4.78 is 18.3. The van der Waals surface area contributed by atoms with Crippen LogP contribution in [-0.2, 0) is 0 Å². The first-order valence-electron chi connectivity index (χ1n) is 4.48. The molecule has 0 aliphatic rings. The van der Waals surface area contributed by atoms with E-state index in [2.05, 4.69) is 0 Å². The van der Waals surface area contributed by atoms with Crippen LogP contribution in [0.2, 0.25) is 0 Å². The Morgan fingerprint density at radius 2 is 2.14 bits per heavy atom. The van der Waals surface area contributed by atoms with Crippen molar-refractivity contribution in [3.8, 4) is 5.75 Å². The van der Waals surface area contributed by atoms with Crippen molar-refractivity contribution in [3.63, 3.8) is 0 Å². The molecule has 0 unspecified atom stereocenters. The molecule has 2 N–H and O–H groups in total. The van der Waals surface area contributed by atoms with Crippen molar-refractivity contribution in [2.24, 2.45) is 0 Å². The van der Waals surface area contributed by atoms with Crippen LogP contribution < -0.4 is 10.5 Å². The molecule has 1 aromatic carbocycles. The summed E-state index contributed by atoms with van der Waals surface area (Å²) in [6.45, 7) is 0.480. The highest BCUT2D eigenvalue weighted by Crippen LogP contribution is 2.19. The fourth-order valence-corrected chi connectivity index (χ4v) is 1.20. The maximum absolute atomic E-state index is 13.1. The molecule has 0 heterocycles. The van der Waals surface area contributed by atoms with Gasteiger partial charge in [0.25, 0.3) is 0 Å². The maximum Gasteiger partial charge on any atom is 0.167 e. The summed E-state index contributed by atoms with van der Waals surface area (Å²) in [6.07, 6.45) is 1.70. The third kappa shape index (κ3) is 3.42. The molecule has 0 saturated carbocycles. The Hall–Kier alpha value is -0.960. The van der Waals surface area contributed by atoms with Crippen LogP contribution in [0.5, 0.6) is 5.75 Å². The van der Waals surface area contributed by atoms with E-state index in [0.717, 1.165) is 12.8 Å². The number of alkyl halides is 1. The Morgan fingerprint density at radius 3 is 2.79 bits per heavy atom. The molecule has 0 radical (unpaired) electrons. The summed E-state index contributed by atoms with van der Waals surface area (Å²) in [4.78, 5) is 0. The van der Waals surface area contributed by atoms with E-state index >= 15 is 0 Å². The van der Waals surface area contributed by atoms with Gasteiger partial charge in [0, 0.05) is 17.6 Å². The molecule has 14 heavy (non-hydrogen) atoms. The number of rotatable bonds is 5. The van der Waals surface area contributed by atoms with E-state index in [-0.39, 0.29) is 5.75 Å². The topological polar surface area (TPSA) is 35.2 Å². The molecule has 0 amide bonds. The number of nitrogen functional groups attached to an aromatic ring is 1. The van der Waals surface area contributed by atoms with E-state index in [1.807, 2.05) is 0 Å². The van der Waals surface area contributed by atoms with Gasteiger partial charge in [-0.15, -0.1) is 11.6 Å². The van der Waals surface area contributed by atoms with Gasteiger partial charge in [0.05, 0.1) is 6.61 Å². The van der Waals surface area contributed by atoms with Gasteiger partial charge >= 0.3 is 0 Å². The molecular weight excluding hydrogens is 205 g/mol. The van der Waals surface area contributed by atoms with Crippen molar-refractivity contribution >= 4 is 17.3 Å². The highest BCUT2D eigenvalue weighted by Gasteiger charge is 2.02. The molecule has 1 aromatic rings. The van der Waals surface area contributed by atoms with Gasteiger partial charge in [0.1, 0.15) is 0 Å². The van der Waals surface area contributed by atoms with E-state index in [9.17, 15) is 4.39 Å². The summed E-state index contributed by atoms with van der Waals surface area (Å²) in [5.74, 6) is 0.428. The second-order valence-corrected chi connectivity index (χ2v) is 3.31. The zero-order valence-corrected chi connectivity index (χ0v) is 8.56. The number of hydrogen-bond acceptors (Lipinski definition) is 2. The summed E-state index contributed by atoms with van der Waals surface area (Å²) in [7, 11) is 0. The molecule has 0 fully saturated rings. The summed E-state index contributed by atoms with van der Waals surface area (Å²) in [5, 5.41) is 0. The minimum Gasteiger partial charge on any atom is -0.491 e. The standard InChI is InChI=1S/C10H13ClFNO/c11-5-1-2-6-14-10-4-3-8(13)7-9(10)12/h3-4,7H,1-2,5-6,13H2. The molecule has 1 rings (SSSR count). The molecule has 2 nitrogen and oxygen atoms in total. The fourth-order valence-electron chi connectivity index (χ4n) is 1.01. The third-order valence-electron chi connectivity index (χ3n) is 1.74. The number of halogens is 2. The van der Waals surface area contributed by atoms with Crippen molar-refractivity contribution < 1.29 is 9.13 Å². The van der Waals surface area contributed by atoms with E-state index in [4.69, 9.17) is 22.1 Å². The molecule has 0 aromatic heterocycles. The van der Waals surface area contributed by atoms with Gasteiger partial charge in [0.2, 0.25) is 0 Å². The lowest BCUT2D eigenvalue weighted by Crippen LogP contribution is -2.00. The monoisotopic (exact) mass is 217 g/mol. The normalized spacial score (nSPS) is 10.1. The van der Waals surface area contributed by atoms with Gasteiger partial charge < -0.3 is 10.5 Å². The number of ether oxygens (including phenoxy) is 1. The molecule has 0 atom stereocenters. The number of hydrogen-bond donors (Lipinski definition) is 1. The number of unbranched alkanes of at least 4 members (excludes halogenated alkanes) is 1. The molecule has 78 valence electrons. The zero-order chi connectivity index (χ0) is 10.4. The molecule has 0 aliphatic heterocycles. The Balaban J connectivity index is 2.42. The van der Waals surface area contributed by atoms with Crippen LogP contribution >= 0.6 is 11.6 Å². The molecule has 0 spiro atoms. The lowest BCUT2D eigenvalue weighted by atomic mass is 10.3. The molecule has 0 aliphatic carbocycles. The summed E-state index contributed by atoms with van der Waals surface area (Å²) in [6, 6.07) is 4.39. The fraction of sp³-hybridized carbons (Fsp3) is 0.400. The lowest BCUT2D eigenvalue weighted by molar-refractivity contribution is 0.294. The van der Waals surface area contributed by atoms with Crippen molar-refractivity contribution in [1.82, 2.24) is 0 Å². The second-order valence-electron chi connectivity index (χ2n) is 2.93. The van der Waals surface area contributed by atoms with Crippen LogP contribution in [0.25, 0.3) is 0 Å². The number of benzene rings is 1. The van der Waals surface area contributed by atoms with Crippen LogP contribution in [0, 0.1) is 5.82 Å². The minimum atomic E-state index is -0.420. The molecular formula is C10H13ClFNO. The van der Waals surface area contributed by atoms with Gasteiger partial charge in [-0.25, -0.2) is 4.39 Å². The summed E-state index contributed by atoms with van der Waals surface area (Å²) >= 11 is 5.49. The third-order valence-corrected chi connectivity index (χ3v) is 2.01. The van der Waals surface area contributed by atoms with Gasteiger partial charge in [-0.05, 0) is 25.0 Å². The smallest absolute Gasteiger partial charge is 0.167 e. The summed E-state index contributed by atoms with van der Waals surface area (Å²) in [5.41, 5.74) is 5.79. The first kappa shape index (κ1) is 11.1. The van der Waals surface area contributed by atoms with E-state index in [1.165, 1.54) is 12.1 Å². The van der Waals surface area contributed by atoms with Crippen LogP contribution in [0.4, 0.5) is 10.1 Å². The van der Waals surface area contributed by atoms with Crippen LogP contribution in [0.3, 0.4) is 0 Å². The predicted octanol–water partition coefficient (Wildman–Crippen LogP) is 2.81. The van der Waals surface area contributed by atoms with Crippen molar-refractivity contribution in [2.45, 2.75) is 12.8 Å².